The lowest BCUT2D eigenvalue weighted by Crippen LogP contribution is -2.13. The van der Waals surface area contributed by atoms with E-state index in [9.17, 15) is 0 Å². The maximum absolute atomic E-state index is 7.19. The summed E-state index contributed by atoms with van der Waals surface area (Å²) in [7, 11) is 0. The molecule has 0 aliphatic carbocycles. The molecule has 0 spiro atoms. The van der Waals surface area contributed by atoms with E-state index in [1.165, 1.54) is 5.56 Å². The summed E-state index contributed by atoms with van der Waals surface area (Å²) in [5.74, 6) is 1.62. The van der Waals surface area contributed by atoms with Gasteiger partial charge in [0.15, 0.2) is 11.3 Å². The zero-order valence-corrected chi connectivity index (χ0v) is 30.3. The molecule has 0 N–H and O–H groups in total. The monoisotopic (exact) mass is 718 g/mol. The molecule has 2 heterocycles. The molecule has 0 saturated carbocycles. The number of nitrogens with zero attached hydrogens (tertiary/aromatic N) is 2. The summed E-state index contributed by atoms with van der Waals surface area (Å²) >= 11 is 0. The Hall–Kier alpha value is -7.56. The number of ether oxygens (including phenoxy) is 1. The molecular formula is C52H34N2O2. The Kier molecular flexibility index (Phi) is 7.46. The third kappa shape index (κ3) is 5.23. The lowest BCUT2D eigenvalue weighted by Gasteiger charge is -2.31. The van der Waals surface area contributed by atoms with Crippen LogP contribution in [0, 0.1) is 0 Å². The van der Waals surface area contributed by atoms with E-state index in [0.29, 0.717) is 0 Å². The van der Waals surface area contributed by atoms with Crippen LogP contribution in [0.5, 0.6) is 11.5 Å². The van der Waals surface area contributed by atoms with E-state index in [1.54, 1.807) is 0 Å². The Morgan fingerprint density at radius 1 is 0.375 bits per heavy atom. The van der Waals surface area contributed by atoms with Gasteiger partial charge in [0.2, 0.25) is 0 Å². The minimum absolute atomic E-state index is 0.803. The van der Waals surface area contributed by atoms with Crippen molar-refractivity contribution in [2.75, 3.05) is 9.80 Å². The van der Waals surface area contributed by atoms with Crippen molar-refractivity contribution >= 4 is 66.8 Å². The zero-order chi connectivity index (χ0) is 37.0. The maximum atomic E-state index is 7.19. The summed E-state index contributed by atoms with van der Waals surface area (Å²) in [4.78, 5) is 4.57. The second kappa shape index (κ2) is 13.1. The molecule has 0 fully saturated rings. The molecule has 1 aliphatic rings. The van der Waals surface area contributed by atoms with E-state index < -0.39 is 0 Å². The van der Waals surface area contributed by atoms with Crippen molar-refractivity contribution in [1.82, 2.24) is 0 Å². The second-order valence-corrected chi connectivity index (χ2v) is 14.1. The first-order valence-corrected chi connectivity index (χ1v) is 18.9. The number of benzene rings is 9. The van der Waals surface area contributed by atoms with Crippen molar-refractivity contribution in [2.24, 2.45) is 0 Å². The van der Waals surface area contributed by atoms with Crippen LogP contribution in [-0.4, -0.2) is 0 Å². The Bertz CT molecular complexity index is 3010. The Morgan fingerprint density at radius 2 is 0.946 bits per heavy atom. The lowest BCUT2D eigenvalue weighted by atomic mass is 9.93. The number of furan rings is 1. The molecule has 11 rings (SSSR count). The largest absolute Gasteiger partial charge is 0.454 e. The number of rotatable bonds is 7. The maximum Gasteiger partial charge on any atom is 0.159 e. The molecule has 4 nitrogen and oxygen atoms in total. The van der Waals surface area contributed by atoms with E-state index in [-0.39, 0.29) is 0 Å². The highest BCUT2D eigenvalue weighted by Crippen LogP contribution is 2.54. The summed E-state index contributed by atoms with van der Waals surface area (Å²) in [6.45, 7) is 0. The van der Waals surface area contributed by atoms with Gasteiger partial charge in [-0.3, -0.25) is 0 Å². The molecular weight excluding hydrogens is 685 g/mol. The molecule has 0 bridgehead atoms. The normalized spacial score (nSPS) is 11.7. The van der Waals surface area contributed by atoms with E-state index in [1.807, 2.05) is 12.1 Å². The summed E-state index contributed by atoms with van der Waals surface area (Å²) in [5.41, 5.74) is 12.2. The average Bonchev–Trinajstić information content (AvgIpc) is 3.65. The van der Waals surface area contributed by atoms with Crippen LogP contribution in [0.2, 0.25) is 0 Å². The summed E-state index contributed by atoms with van der Waals surface area (Å²) in [6, 6.07) is 72.4. The van der Waals surface area contributed by atoms with Crippen molar-refractivity contribution < 1.29 is 9.15 Å². The summed E-state index contributed by atoms with van der Waals surface area (Å²) in [6.07, 6.45) is 0. The molecule has 0 unspecified atom stereocenters. The van der Waals surface area contributed by atoms with Crippen molar-refractivity contribution in [2.45, 2.75) is 0 Å². The topological polar surface area (TPSA) is 28.9 Å². The quantitative estimate of drug-likeness (QED) is 0.164. The van der Waals surface area contributed by atoms with Crippen LogP contribution in [0.4, 0.5) is 34.1 Å². The number of fused-ring (bicyclic) bond motifs is 5. The van der Waals surface area contributed by atoms with Gasteiger partial charge < -0.3 is 19.0 Å². The van der Waals surface area contributed by atoms with Gasteiger partial charge in [0.1, 0.15) is 11.3 Å². The minimum Gasteiger partial charge on any atom is -0.454 e. The van der Waals surface area contributed by atoms with E-state index in [0.717, 1.165) is 95.0 Å². The third-order valence-corrected chi connectivity index (χ3v) is 10.8. The van der Waals surface area contributed by atoms with Crippen molar-refractivity contribution in [3.8, 4) is 33.8 Å². The minimum atomic E-state index is 0.803. The van der Waals surface area contributed by atoms with Gasteiger partial charge in [-0.2, -0.15) is 0 Å². The van der Waals surface area contributed by atoms with Crippen molar-refractivity contribution in [3.63, 3.8) is 0 Å². The van der Waals surface area contributed by atoms with E-state index >= 15 is 0 Å². The van der Waals surface area contributed by atoms with Crippen LogP contribution in [0.15, 0.2) is 211 Å². The standard InChI is InChI=1S/C52H34N2O2/c1-4-15-35(16-5-1)36-29-31-40(32-30-36)54(47-27-13-24-44-42-22-10-11-28-48(42)55-51(44)47)41-33-37-17-12-23-43-45-25-14-26-46(52(45)56-49(34-41)50(37)43)53(38-18-6-2-7-19-38)39-20-8-3-9-21-39/h1-34H. The van der Waals surface area contributed by atoms with Crippen LogP contribution in [0.1, 0.15) is 0 Å². The number of para-hydroxylation sites is 5. The average molecular weight is 719 g/mol. The fraction of sp³-hybridized carbons (Fsp3) is 0. The molecule has 4 heteroatoms. The van der Waals surface area contributed by atoms with Crippen LogP contribution < -0.4 is 14.5 Å². The molecule has 0 atom stereocenters. The first-order valence-electron chi connectivity index (χ1n) is 18.9. The Labute approximate surface area is 324 Å². The van der Waals surface area contributed by atoms with Gasteiger partial charge in [0.05, 0.1) is 17.1 Å². The van der Waals surface area contributed by atoms with Gasteiger partial charge in [-0.05, 0) is 82.7 Å². The van der Waals surface area contributed by atoms with Gasteiger partial charge in [-0.25, -0.2) is 0 Å². The highest BCUT2D eigenvalue weighted by Gasteiger charge is 2.28. The fourth-order valence-electron chi connectivity index (χ4n) is 8.29. The molecule has 1 aromatic heterocycles. The fourth-order valence-corrected chi connectivity index (χ4v) is 8.29. The molecule has 1 aliphatic heterocycles. The first-order chi connectivity index (χ1) is 27.8. The Balaban J connectivity index is 1.12. The Morgan fingerprint density at radius 3 is 1.71 bits per heavy atom. The highest BCUT2D eigenvalue weighted by molar-refractivity contribution is 6.12. The van der Waals surface area contributed by atoms with Gasteiger partial charge >= 0.3 is 0 Å². The number of anilines is 6. The van der Waals surface area contributed by atoms with Crippen molar-refractivity contribution in [1.29, 1.82) is 0 Å². The van der Waals surface area contributed by atoms with Crippen LogP contribution >= 0.6 is 0 Å². The van der Waals surface area contributed by atoms with Crippen LogP contribution in [-0.2, 0) is 0 Å². The number of hydrogen-bond donors (Lipinski definition) is 0. The van der Waals surface area contributed by atoms with Gasteiger partial charge in [-0.15, -0.1) is 0 Å². The van der Waals surface area contributed by atoms with Gasteiger partial charge in [0, 0.05) is 44.9 Å². The molecule has 0 radical (unpaired) electrons. The zero-order valence-electron chi connectivity index (χ0n) is 30.3. The SMILES string of the molecule is c1ccc(-c2ccc(N(c3cc4c5c(cccc5c3)-c3cccc(N(c5ccccc5)c5ccccc5)c3O4)c3cccc4c3oc3ccccc34)cc2)cc1. The second-order valence-electron chi connectivity index (χ2n) is 14.1. The third-order valence-electron chi connectivity index (χ3n) is 10.8. The van der Waals surface area contributed by atoms with Gasteiger partial charge in [0.25, 0.3) is 0 Å². The predicted octanol–water partition coefficient (Wildman–Crippen LogP) is 15.1. The van der Waals surface area contributed by atoms with Crippen molar-refractivity contribution in [3.05, 3.63) is 206 Å². The molecule has 264 valence electrons. The van der Waals surface area contributed by atoms with Gasteiger partial charge in [-0.1, -0.05) is 140 Å². The smallest absolute Gasteiger partial charge is 0.159 e. The summed E-state index contributed by atoms with van der Waals surface area (Å²) in [5, 5.41) is 4.35. The summed E-state index contributed by atoms with van der Waals surface area (Å²) < 4.78 is 13.9. The molecule has 0 amide bonds. The molecule has 10 aromatic rings. The van der Waals surface area contributed by atoms with E-state index in [2.05, 4.69) is 204 Å². The van der Waals surface area contributed by atoms with E-state index in [4.69, 9.17) is 9.15 Å². The van der Waals surface area contributed by atoms with Crippen LogP contribution in [0.3, 0.4) is 0 Å². The predicted molar refractivity (Wildman–Crippen MR) is 232 cm³/mol. The first kappa shape index (κ1) is 31.9. The molecule has 9 aromatic carbocycles. The highest BCUT2D eigenvalue weighted by atomic mass is 16.5. The van der Waals surface area contributed by atoms with Crippen LogP contribution in [0.25, 0.3) is 55.0 Å². The lowest BCUT2D eigenvalue weighted by molar-refractivity contribution is 0.488. The molecule has 0 saturated heterocycles. The number of hydrogen-bond acceptors (Lipinski definition) is 4. The molecule has 56 heavy (non-hydrogen) atoms.